The molecule has 0 atom stereocenters. The summed E-state index contributed by atoms with van der Waals surface area (Å²) in [6.07, 6.45) is 2.98. The smallest absolute Gasteiger partial charge is 0.119 e. The van der Waals surface area contributed by atoms with Crippen LogP contribution in [0.1, 0.15) is 24.8 Å². The van der Waals surface area contributed by atoms with Crippen molar-refractivity contribution in [2.24, 2.45) is 0 Å². The number of hydrogen-bond donors (Lipinski definition) is 0. The van der Waals surface area contributed by atoms with Crippen molar-refractivity contribution in [2.75, 3.05) is 32.8 Å². The molecule has 0 N–H and O–H groups in total. The normalized spacial score (nSPS) is 14.8. The average molecular weight is 284 g/mol. The van der Waals surface area contributed by atoms with Crippen molar-refractivity contribution in [1.82, 2.24) is 10.0 Å². The van der Waals surface area contributed by atoms with Crippen molar-refractivity contribution < 1.29 is 4.74 Å². The molecule has 1 aromatic carbocycles. The predicted molar refractivity (Wildman–Crippen MR) is 79.3 cm³/mol. The molecule has 0 amide bonds. The second-order valence-electron chi connectivity index (χ2n) is 5.01. The van der Waals surface area contributed by atoms with E-state index in [1.165, 1.54) is 12.8 Å². The monoisotopic (exact) mass is 284 g/mol. The minimum Gasteiger partial charge on any atom is -0.492 e. The van der Waals surface area contributed by atoms with Gasteiger partial charge in [0.25, 0.3) is 0 Å². The van der Waals surface area contributed by atoms with E-state index in [9.17, 15) is 0 Å². The summed E-state index contributed by atoms with van der Waals surface area (Å²) < 4.78 is 5.71. The highest BCUT2D eigenvalue weighted by molar-refractivity contribution is 5.34. The molecule has 0 bridgehead atoms. The Kier molecular flexibility index (Phi) is 6.02. The maximum atomic E-state index is 8.76. The van der Waals surface area contributed by atoms with Gasteiger partial charge >= 0.3 is 0 Å². The lowest BCUT2D eigenvalue weighted by atomic mass is 10.2. The Morgan fingerprint density at radius 1 is 1.10 bits per heavy atom. The van der Waals surface area contributed by atoms with Gasteiger partial charge in [-0.25, -0.2) is 10.0 Å². The lowest BCUT2D eigenvalue weighted by molar-refractivity contribution is -0.0109. The molecule has 0 saturated carbocycles. The molecular formula is C16H20N4O. The van der Waals surface area contributed by atoms with Gasteiger partial charge in [-0.05, 0) is 37.1 Å². The van der Waals surface area contributed by atoms with Crippen LogP contribution in [0.25, 0.3) is 0 Å². The van der Waals surface area contributed by atoms with Crippen LogP contribution in [0.4, 0.5) is 0 Å². The average Bonchev–Trinajstić information content (AvgIpc) is 3.05. The number of nitriles is 2. The lowest BCUT2D eigenvalue weighted by Gasteiger charge is -2.30. The number of hydrogen-bond acceptors (Lipinski definition) is 5. The van der Waals surface area contributed by atoms with Crippen molar-refractivity contribution in [2.45, 2.75) is 19.3 Å². The Bertz CT molecular complexity index is 509. The fourth-order valence-electron chi connectivity index (χ4n) is 2.45. The number of benzene rings is 1. The minimum atomic E-state index is 0.535. The summed E-state index contributed by atoms with van der Waals surface area (Å²) in [6.45, 7) is 4.26. The first-order chi connectivity index (χ1) is 10.3. The summed E-state index contributed by atoms with van der Waals surface area (Å²) in [6, 6.07) is 11.4. The van der Waals surface area contributed by atoms with Gasteiger partial charge in [-0.15, -0.1) is 0 Å². The summed E-state index contributed by atoms with van der Waals surface area (Å²) in [7, 11) is 0. The van der Waals surface area contributed by atoms with E-state index in [2.05, 4.69) is 22.2 Å². The van der Waals surface area contributed by atoms with Crippen molar-refractivity contribution in [3.05, 3.63) is 29.8 Å². The van der Waals surface area contributed by atoms with Crippen LogP contribution in [-0.4, -0.2) is 42.8 Å². The van der Waals surface area contributed by atoms with E-state index in [4.69, 9.17) is 15.3 Å². The molecule has 0 aliphatic carbocycles. The van der Waals surface area contributed by atoms with Crippen LogP contribution in [0.15, 0.2) is 24.3 Å². The zero-order chi connectivity index (χ0) is 14.9. The van der Waals surface area contributed by atoms with E-state index in [1.807, 2.05) is 12.1 Å². The van der Waals surface area contributed by atoms with E-state index >= 15 is 0 Å². The fourth-order valence-corrected chi connectivity index (χ4v) is 2.45. The van der Waals surface area contributed by atoms with E-state index < -0.39 is 0 Å². The first kappa shape index (κ1) is 15.3. The summed E-state index contributed by atoms with van der Waals surface area (Å²) in [4.78, 5) is 0. The molecule has 1 aliphatic rings. The Labute approximate surface area is 125 Å². The molecule has 0 radical (unpaired) electrons. The second-order valence-corrected chi connectivity index (χ2v) is 5.01. The third-order valence-electron chi connectivity index (χ3n) is 3.57. The highest BCUT2D eigenvalue weighted by atomic mass is 16.5. The highest BCUT2D eigenvalue weighted by Crippen LogP contribution is 2.13. The topological polar surface area (TPSA) is 63.3 Å². The molecule has 5 nitrogen and oxygen atoms in total. The highest BCUT2D eigenvalue weighted by Gasteiger charge is 2.18. The van der Waals surface area contributed by atoms with Crippen LogP contribution >= 0.6 is 0 Å². The molecule has 1 aromatic rings. The molecule has 0 unspecified atom stereocenters. The molecular weight excluding hydrogens is 264 g/mol. The van der Waals surface area contributed by atoms with Gasteiger partial charge in [0.2, 0.25) is 0 Å². The van der Waals surface area contributed by atoms with E-state index in [-0.39, 0.29) is 0 Å². The SMILES string of the molecule is N#CCCN(CCOc1ccc(C#N)cc1)N1CCCC1. The first-order valence-corrected chi connectivity index (χ1v) is 7.33. The largest absolute Gasteiger partial charge is 0.492 e. The maximum absolute atomic E-state index is 8.76. The van der Waals surface area contributed by atoms with E-state index in [0.29, 0.717) is 18.6 Å². The molecule has 1 aliphatic heterocycles. The molecule has 0 spiro atoms. The van der Waals surface area contributed by atoms with Crippen molar-refractivity contribution >= 4 is 0 Å². The molecule has 1 fully saturated rings. The van der Waals surface area contributed by atoms with Gasteiger partial charge in [0.05, 0.1) is 17.7 Å². The molecule has 110 valence electrons. The van der Waals surface area contributed by atoms with Crippen LogP contribution in [0, 0.1) is 22.7 Å². The van der Waals surface area contributed by atoms with Crippen LogP contribution in [-0.2, 0) is 0 Å². The van der Waals surface area contributed by atoms with Gasteiger partial charge < -0.3 is 4.74 Å². The summed E-state index contributed by atoms with van der Waals surface area (Å²) in [5, 5.41) is 22.1. The second kappa shape index (κ2) is 8.26. The van der Waals surface area contributed by atoms with Crippen LogP contribution < -0.4 is 4.74 Å². The third kappa shape index (κ3) is 4.75. The first-order valence-electron chi connectivity index (χ1n) is 7.33. The zero-order valence-electron chi connectivity index (χ0n) is 12.2. The maximum Gasteiger partial charge on any atom is 0.119 e. The van der Waals surface area contributed by atoms with Crippen LogP contribution in [0.2, 0.25) is 0 Å². The number of ether oxygens (including phenoxy) is 1. The molecule has 21 heavy (non-hydrogen) atoms. The van der Waals surface area contributed by atoms with Gasteiger partial charge in [-0.1, -0.05) is 0 Å². The van der Waals surface area contributed by atoms with E-state index in [1.54, 1.807) is 12.1 Å². The van der Waals surface area contributed by atoms with E-state index in [0.717, 1.165) is 31.9 Å². The van der Waals surface area contributed by atoms with Crippen LogP contribution in [0.5, 0.6) is 5.75 Å². The Balaban J connectivity index is 1.80. The zero-order valence-corrected chi connectivity index (χ0v) is 12.2. The molecule has 5 heteroatoms. The molecule has 0 aromatic heterocycles. The lowest BCUT2D eigenvalue weighted by Crippen LogP contribution is -2.43. The summed E-state index contributed by atoms with van der Waals surface area (Å²) in [5.41, 5.74) is 0.634. The quantitative estimate of drug-likeness (QED) is 0.767. The van der Waals surface area contributed by atoms with Crippen molar-refractivity contribution in [3.63, 3.8) is 0 Å². The number of hydrazine groups is 1. The van der Waals surface area contributed by atoms with Gasteiger partial charge in [0.1, 0.15) is 12.4 Å². The Morgan fingerprint density at radius 2 is 1.81 bits per heavy atom. The van der Waals surface area contributed by atoms with Crippen LogP contribution in [0.3, 0.4) is 0 Å². The standard InChI is InChI=1S/C16H20N4O/c17-8-3-11-20(19-9-1-2-10-19)12-13-21-16-6-4-15(14-18)5-7-16/h4-7H,1-3,9-13H2. The van der Waals surface area contributed by atoms with Gasteiger partial charge in [0.15, 0.2) is 0 Å². The van der Waals surface area contributed by atoms with Gasteiger partial charge in [-0.2, -0.15) is 10.5 Å². The molecule has 1 heterocycles. The van der Waals surface area contributed by atoms with Crippen molar-refractivity contribution in [1.29, 1.82) is 10.5 Å². The van der Waals surface area contributed by atoms with Crippen molar-refractivity contribution in [3.8, 4) is 17.9 Å². The summed E-state index contributed by atoms with van der Waals surface area (Å²) in [5.74, 6) is 0.774. The van der Waals surface area contributed by atoms with Gasteiger partial charge in [0, 0.05) is 32.6 Å². The fraction of sp³-hybridized carbons (Fsp3) is 0.500. The molecule has 2 rings (SSSR count). The van der Waals surface area contributed by atoms with Gasteiger partial charge in [-0.3, -0.25) is 0 Å². The Morgan fingerprint density at radius 3 is 2.43 bits per heavy atom. The number of rotatable bonds is 7. The Hall–Kier alpha value is -2.08. The molecule has 1 saturated heterocycles. The number of nitrogens with zero attached hydrogens (tertiary/aromatic N) is 4. The third-order valence-corrected chi connectivity index (χ3v) is 3.57. The minimum absolute atomic E-state index is 0.535. The predicted octanol–water partition coefficient (Wildman–Crippen LogP) is 2.16. The summed E-state index contributed by atoms with van der Waals surface area (Å²) >= 11 is 0.